The van der Waals surface area contributed by atoms with E-state index in [1.165, 1.54) is 25.7 Å². The molecule has 20 heavy (non-hydrogen) atoms. The zero-order valence-corrected chi connectivity index (χ0v) is 14.2. The Morgan fingerprint density at radius 1 is 1.30 bits per heavy atom. The van der Waals surface area contributed by atoms with Crippen molar-refractivity contribution in [1.82, 2.24) is 4.72 Å². The van der Waals surface area contributed by atoms with Crippen LogP contribution >= 0.6 is 15.9 Å². The molecule has 1 aliphatic carbocycles. The molecule has 0 saturated heterocycles. The molecular weight excluding hydrogens is 338 g/mol. The molecule has 5 heteroatoms. The first-order valence-corrected chi connectivity index (χ1v) is 9.51. The highest BCUT2D eigenvalue weighted by molar-refractivity contribution is 9.10. The molecule has 0 spiro atoms. The number of hydrogen-bond acceptors (Lipinski definition) is 2. The Morgan fingerprint density at radius 2 is 2.05 bits per heavy atom. The second-order valence-electron chi connectivity index (χ2n) is 5.75. The third kappa shape index (κ3) is 4.30. The van der Waals surface area contributed by atoms with Crippen molar-refractivity contribution in [2.45, 2.75) is 43.9 Å². The van der Waals surface area contributed by atoms with E-state index in [2.05, 4.69) is 27.6 Å². The maximum atomic E-state index is 12.2. The van der Waals surface area contributed by atoms with Gasteiger partial charge < -0.3 is 0 Å². The van der Waals surface area contributed by atoms with Crippen LogP contribution in [-0.4, -0.2) is 15.0 Å². The lowest BCUT2D eigenvalue weighted by atomic mass is 9.81. The number of hydrogen-bond donors (Lipinski definition) is 1. The number of rotatable bonds is 5. The molecule has 1 fully saturated rings. The van der Waals surface area contributed by atoms with E-state index in [9.17, 15) is 8.42 Å². The summed E-state index contributed by atoms with van der Waals surface area (Å²) in [6.07, 6.45) is 6.01. The Morgan fingerprint density at radius 3 is 2.75 bits per heavy atom. The fourth-order valence-corrected chi connectivity index (χ4v) is 5.01. The molecular formula is C15H22BrNO2S. The summed E-state index contributed by atoms with van der Waals surface area (Å²) < 4.78 is 27.8. The minimum absolute atomic E-state index is 0.317. The highest BCUT2D eigenvalue weighted by Gasteiger charge is 2.20. The van der Waals surface area contributed by atoms with Gasteiger partial charge in [0.15, 0.2) is 0 Å². The van der Waals surface area contributed by atoms with E-state index in [4.69, 9.17) is 0 Å². The Bertz CT molecular complexity index is 545. The van der Waals surface area contributed by atoms with Gasteiger partial charge in [-0.05, 0) is 52.7 Å². The van der Waals surface area contributed by atoms with Gasteiger partial charge in [0.2, 0.25) is 10.0 Å². The summed E-state index contributed by atoms with van der Waals surface area (Å²) in [4.78, 5) is 0.317. The average molecular weight is 360 g/mol. The van der Waals surface area contributed by atoms with E-state index in [-0.39, 0.29) is 0 Å². The smallest absolute Gasteiger partial charge is 0.211 e. The molecule has 2 atom stereocenters. The van der Waals surface area contributed by atoms with Gasteiger partial charge in [-0.1, -0.05) is 38.3 Å². The fraction of sp³-hybridized carbons (Fsp3) is 0.600. The molecule has 0 aliphatic heterocycles. The third-order valence-electron chi connectivity index (χ3n) is 4.02. The Kier molecular flexibility index (Phi) is 5.64. The molecule has 2 unspecified atom stereocenters. The molecule has 1 aromatic carbocycles. The first kappa shape index (κ1) is 16.0. The van der Waals surface area contributed by atoms with Gasteiger partial charge in [0, 0.05) is 11.0 Å². The van der Waals surface area contributed by atoms with Crippen LogP contribution in [0.2, 0.25) is 0 Å². The monoisotopic (exact) mass is 359 g/mol. The third-order valence-corrected chi connectivity index (χ3v) is 6.49. The molecule has 3 nitrogen and oxygen atoms in total. The summed E-state index contributed by atoms with van der Waals surface area (Å²) in [5.41, 5.74) is 0. The number of nitrogens with one attached hydrogen (secondary N) is 1. The van der Waals surface area contributed by atoms with Crippen molar-refractivity contribution in [2.24, 2.45) is 11.8 Å². The van der Waals surface area contributed by atoms with Crippen LogP contribution < -0.4 is 4.72 Å². The van der Waals surface area contributed by atoms with Crippen molar-refractivity contribution in [3.05, 3.63) is 28.7 Å². The van der Waals surface area contributed by atoms with Crippen LogP contribution in [-0.2, 0) is 10.0 Å². The normalized spacial score (nSPS) is 23.7. The molecule has 2 rings (SSSR count). The lowest BCUT2D eigenvalue weighted by molar-refractivity contribution is 0.271. The predicted molar refractivity (Wildman–Crippen MR) is 85.1 cm³/mol. The van der Waals surface area contributed by atoms with Crippen LogP contribution in [0.15, 0.2) is 33.6 Å². The zero-order chi connectivity index (χ0) is 14.6. The lowest BCUT2D eigenvalue weighted by Crippen LogP contribution is -2.27. The largest absolute Gasteiger partial charge is 0.241 e. The quantitative estimate of drug-likeness (QED) is 0.864. The summed E-state index contributed by atoms with van der Waals surface area (Å²) in [5, 5.41) is 0. The molecule has 1 N–H and O–H groups in total. The topological polar surface area (TPSA) is 46.2 Å². The van der Waals surface area contributed by atoms with Crippen molar-refractivity contribution >= 4 is 26.0 Å². The van der Waals surface area contributed by atoms with E-state index in [0.717, 1.165) is 12.3 Å². The van der Waals surface area contributed by atoms with Crippen molar-refractivity contribution in [3.8, 4) is 0 Å². The molecule has 112 valence electrons. The van der Waals surface area contributed by atoms with Crippen molar-refractivity contribution in [1.29, 1.82) is 0 Å². The van der Waals surface area contributed by atoms with Gasteiger partial charge in [-0.25, -0.2) is 13.1 Å². The summed E-state index contributed by atoms with van der Waals surface area (Å²) in [6, 6.07) is 6.92. The van der Waals surface area contributed by atoms with E-state index in [1.54, 1.807) is 18.2 Å². The lowest BCUT2D eigenvalue weighted by Gasteiger charge is -2.26. The molecule has 0 heterocycles. The molecule has 0 radical (unpaired) electrons. The summed E-state index contributed by atoms with van der Waals surface area (Å²) >= 11 is 3.29. The second kappa shape index (κ2) is 7.05. The average Bonchev–Trinajstić information content (AvgIpc) is 2.39. The number of benzene rings is 1. The Labute approximate surface area is 130 Å². The summed E-state index contributed by atoms with van der Waals surface area (Å²) in [5.74, 6) is 1.45. The zero-order valence-electron chi connectivity index (χ0n) is 11.8. The van der Waals surface area contributed by atoms with Crippen LogP contribution in [0.1, 0.15) is 39.0 Å². The highest BCUT2D eigenvalue weighted by Crippen LogP contribution is 2.30. The van der Waals surface area contributed by atoms with Gasteiger partial charge in [-0.15, -0.1) is 0 Å². The van der Waals surface area contributed by atoms with Gasteiger partial charge in [-0.3, -0.25) is 0 Å². The second-order valence-corrected chi connectivity index (χ2v) is 8.34. The first-order chi connectivity index (χ1) is 9.49. The molecule has 1 saturated carbocycles. The van der Waals surface area contributed by atoms with Crippen molar-refractivity contribution in [3.63, 3.8) is 0 Å². The van der Waals surface area contributed by atoms with Crippen molar-refractivity contribution in [2.75, 3.05) is 6.54 Å². The maximum Gasteiger partial charge on any atom is 0.241 e. The van der Waals surface area contributed by atoms with E-state index < -0.39 is 10.0 Å². The molecule has 0 bridgehead atoms. The predicted octanol–water partition coefficient (Wildman–Crippen LogP) is 3.94. The van der Waals surface area contributed by atoms with Crippen LogP contribution in [0, 0.1) is 11.8 Å². The van der Waals surface area contributed by atoms with Crippen LogP contribution in [0.5, 0.6) is 0 Å². The van der Waals surface area contributed by atoms with Gasteiger partial charge in [0.1, 0.15) is 0 Å². The SMILES string of the molecule is CC1CCCC(CCNS(=O)(=O)c2ccccc2Br)C1. The van der Waals surface area contributed by atoms with Crippen LogP contribution in [0.25, 0.3) is 0 Å². The molecule has 0 aromatic heterocycles. The summed E-state index contributed by atoms with van der Waals surface area (Å²) in [7, 11) is -3.40. The van der Waals surface area contributed by atoms with E-state index in [0.29, 0.717) is 21.8 Å². The van der Waals surface area contributed by atoms with Crippen LogP contribution in [0.3, 0.4) is 0 Å². The number of sulfonamides is 1. The van der Waals surface area contributed by atoms with Crippen LogP contribution in [0.4, 0.5) is 0 Å². The number of halogens is 1. The van der Waals surface area contributed by atoms with Gasteiger partial charge in [0.05, 0.1) is 4.90 Å². The van der Waals surface area contributed by atoms with E-state index in [1.807, 2.05) is 6.07 Å². The molecule has 1 aromatic rings. The van der Waals surface area contributed by atoms with Gasteiger partial charge in [0.25, 0.3) is 0 Å². The summed E-state index contributed by atoms with van der Waals surface area (Å²) in [6.45, 7) is 2.82. The molecule has 0 amide bonds. The highest BCUT2D eigenvalue weighted by atomic mass is 79.9. The standard InChI is InChI=1S/C15H22BrNO2S/c1-12-5-4-6-13(11-12)9-10-17-20(18,19)15-8-3-2-7-14(15)16/h2-3,7-8,12-13,17H,4-6,9-11H2,1H3. The Balaban J connectivity index is 1.88. The maximum absolute atomic E-state index is 12.2. The first-order valence-electron chi connectivity index (χ1n) is 7.23. The minimum Gasteiger partial charge on any atom is -0.211 e. The van der Waals surface area contributed by atoms with Crippen molar-refractivity contribution < 1.29 is 8.42 Å². The fourth-order valence-electron chi connectivity index (χ4n) is 2.96. The Hall–Kier alpha value is -0.390. The van der Waals surface area contributed by atoms with Gasteiger partial charge >= 0.3 is 0 Å². The van der Waals surface area contributed by atoms with E-state index >= 15 is 0 Å². The van der Waals surface area contributed by atoms with Gasteiger partial charge in [-0.2, -0.15) is 0 Å². The molecule has 1 aliphatic rings. The minimum atomic E-state index is -3.40.